The molecule has 1 aliphatic heterocycles. The van der Waals surface area contributed by atoms with Crippen LogP contribution in [0.4, 0.5) is 4.79 Å². The van der Waals surface area contributed by atoms with E-state index in [1.807, 2.05) is 37.3 Å². The molecule has 0 saturated carbocycles. The summed E-state index contributed by atoms with van der Waals surface area (Å²) in [6.45, 7) is 6.56. The number of nitrogens with two attached hydrogens (primary N) is 1. The van der Waals surface area contributed by atoms with Gasteiger partial charge in [-0.05, 0) is 31.7 Å². The maximum atomic E-state index is 11.7. The third-order valence-electron chi connectivity index (χ3n) is 4.59. The fourth-order valence-electron chi connectivity index (χ4n) is 3.03. The van der Waals surface area contributed by atoms with Gasteiger partial charge in [0.25, 0.3) is 0 Å². The summed E-state index contributed by atoms with van der Waals surface area (Å²) in [6, 6.07) is 10.3. The Balaban J connectivity index is 1.45. The van der Waals surface area contributed by atoms with Crippen molar-refractivity contribution in [2.45, 2.75) is 38.8 Å². The van der Waals surface area contributed by atoms with Crippen molar-refractivity contribution in [3.05, 3.63) is 35.9 Å². The summed E-state index contributed by atoms with van der Waals surface area (Å²) in [7, 11) is 0. The first-order valence-electron chi connectivity index (χ1n) is 10.4. The Bertz CT molecular complexity index is 604. The fourth-order valence-corrected chi connectivity index (χ4v) is 3.03. The largest absolute Gasteiger partial charge is 0.450 e. The number of likely N-dealkylation sites (tertiary alicyclic amines) is 1. The van der Waals surface area contributed by atoms with Gasteiger partial charge in [-0.25, -0.2) is 4.79 Å². The number of guanidine groups is 1. The highest BCUT2D eigenvalue weighted by Gasteiger charge is 2.23. The van der Waals surface area contributed by atoms with Crippen LogP contribution in [0.5, 0.6) is 0 Å². The normalized spacial score (nSPS) is 15.3. The molecule has 1 saturated heterocycles. The third-order valence-corrected chi connectivity index (χ3v) is 4.59. The van der Waals surface area contributed by atoms with Gasteiger partial charge in [0.05, 0.1) is 26.4 Å². The molecule has 3 N–H and O–H groups in total. The molecule has 1 amide bonds. The molecule has 0 spiro atoms. The molecular weight excluding hydrogens is 372 g/mol. The van der Waals surface area contributed by atoms with Crippen molar-refractivity contribution in [3.63, 3.8) is 0 Å². The summed E-state index contributed by atoms with van der Waals surface area (Å²) in [5, 5.41) is 3.23. The maximum absolute atomic E-state index is 11.7. The van der Waals surface area contributed by atoms with Crippen LogP contribution in [-0.4, -0.2) is 69.1 Å². The monoisotopic (exact) mass is 406 g/mol. The van der Waals surface area contributed by atoms with Crippen LogP contribution in [0.15, 0.2) is 35.3 Å². The summed E-state index contributed by atoms with van der Waals surface area (Å²) in [4.78, 5) is 17.8. The zero-order valence-corrected chi connectivity index (χ0v) is 17.3. The van der Waals surface area contributed by atoms with E-state index in [4.69, 9.17) is 19.9 Å². The molecule has 1 aromatic rings. The summed E-state index contributed by atoms with van der Waals surface area (Å²) in [6.07, 6.45) is 2.24. The zero-order valence-electron chi connectivity index (χ0n) is 17.3. The molecule has 1 aliphatic rings. The van der Waals surface area contributed by atoms with Crippen LogP contribution in [0.3, 0.4) is 0 Å². The lowest BCUT2D eigenvalue weighted by Gasteiger charge is -2.31. The molecule has 1 heterocycles. The number of ether oxygens (including phenoxy) is 3. The second-order valence-corrected chi connectivity index (χ2v) is 6.88. The highest BCUT2D eigenvalue weighted by molar-refractivity contribution is 5.78. The maximum Gasteiger partial charge on any atom is 0.409 e. The molecule has 2 rings (SSSR count). The number of aliphatic imine (C=N–C) groups is 1. The Morgan fingerprint density at radius 3 is 2.62 bits per heavy atom. The topological polar surface area (TPSA) is 98.4 Å². The van der Waals surface area contributed by atoms with Crippen molar-refractivity contribution in [2.24, 2.45) is 10.7 Å². The number of carbonyl (C=O) groups is 1. The van der Waals surface area contributed by atoms with E-state index in [9.17, 15) is 4.79 Å². The highest BCUT2D eigenvalue weighted by atomic mass is 16.6. The second kappa shape index (κ2) is 13.8. The zero-order chi connectivity index (χ0) is 20.7. The molecule has 0 radical (unpaired) electrons. The molecule has 0 unspecified atom stereocenters. The minimum atomic E-state index is -0.238. The van der Waals surface area contributed by atoms with Crippen LogP contribution < -0.4 is 11.1 Å². The molecule has 0 aromatic heterocycles. The number of amides is 1. The smallest absolute Gasteiger partial charge is 0.409 e. The van der Waals surface area contributed by atoms with Gasteiger partial charge in [-0.2, -0.15) is 0 Å². The van der Waals surface area contributed by atoms with E-state index in [0.717, 1.165) is 24.8 Å². The summed E-state index contributed by atoms with van der Waals surface area (Å²) in [5.41, 5.74) is 7.12. The molecule has 29 heavy (non-hydrogen) atoms. The fraction of sp³-hybridized carbons (Fsp3) is 0.619. The molecule has 1 fully saturated rings. The van der Waals surface area contributed by atoms with Crippen LogP contribution in [0.25, 0.3) is 0 Å². The Kier molecular flexibility index (Phi) is 10.9. The lowest BCUT2D eigenvalue weighted by Crippen LogP contribution is -2.48. The average Bonchev–Trinajstić information content (AvgIpc) is 2.74. The standard InChI is InChI=1S/C21H34N4O4/c1-2-29-21(26)25-12-9-19(10-13-25)24-20(22)23-11-6-14-27-15-16-28-17-18-7-4-3-5-8-18/h3-5,7-8,19H,2,6,9-17H2,1H3,(H3,22,23,24). The van der Waals surface area contributed by atoms with E-state index in [1.54, 1.807) is 4.90 Å². The van der Waals surface area contributed by atoms with Crippen molar-refractivity contribution in [1.82, 2.24) is 10.2 Å². The van der Waals surface area contributed by atoms with Crippen molar-refractivity contribution in [3.8, 4) is 0 Å². The van der Waals surface area contributed by atoms with Crippen LogP contribution in [0, 0.1) is 0 Å². The highest BCUT2D eigenvalue weighted by Crippen LogP contribution is 2.11. The molecule has 8 heteroatoms. The number of nitrogens with zero attached hydrogens (tertiary/aromatic N) is 2. The lowest BCUT2D eigenvalue weighted by atomic mass is 10.1. The van der Waals surface area contributed by atoms with Gasteiger partial charge < -0.3 is 30.2 Å². The van der Waals surface area contributed by atoms with E-state index >= 15 is 0 Å². The van der Waals surface area contributed by atoms with Gasteiger partial charge in [0.15, 0.2) is 5.96 Å². The van der Waals surface area contributed by atoms with Gasteiger partial charge in [-0.15, -0.1) is 0 Å². The van der Waals surface area contributed by atoms with E-state index in [2.05, 4.69) is 10.3 Å². The molecule has 0 aliphatic carbocycles. The van der Waals surface area contributed by atoms with Crippen LogP contribution in [-0.2, 0) is 20.8 Å². The molecule has 162 valence electrons. The lowest BCUT2D eigenvalue weighted by molar-refractivity contribution is 0.0403. The number of piperidine rings is 1. The first-order chi connectivity index (χ1) is 14.2. The Morgan fingerprint density at radius 1 is 1.17 bits per heavy atom. The molecule has 0 bridgehead atoms. The third kappa shape index (κ3) is 9.62. The Labute approximate surface area is 173 Å². The number of benzene rings is 1. The van der Waals surface area contributed by atoms with Crippen molar-refractivity contribution in [2.75, 3.05) is 46.1 Å². The number of rotatable bonds is 11. The average molecular weight is 407 g/mol. The molecule has 0 atom stereocenters. The Morgan fingerprint density at radius 2 is 1.90 bits per heavy atom. The second-order valence-electron chi connectivity index (χ2n) is 6.88. The number of nitrogens with one attached hydrogen (secondary N) is 1. The quantitative estimate of drug-likeness (QED) is 0.332. The van der Waals surface area contributed by atoms with Gasteiger partial charge in [-0.3, -0.25) is 4.99 Å². The predicted molar refractivity (Wildman–Crippen MR) is 113 cm³/mol. The summed E-state index contributed by atoms with van der Waals surface area (Å²) < 4.78 is 16.1. The molecule has 1 aromatic carbocycles. The van der Waals surface area contributed by atoms with Crippen LogP contribution in [0.2, 0.25) is 0 Å². The van der Waals surface area contributed by atoms with E-state index in [0.29, 0.717) is 58.6 Å². The molecular formula is C21H34N4O4. The SMILES string of the molecule is CCOC(=O)N1CCC(NC(N)=NCCCOCCOCc2ccccc2)CC1. The number of carbonyl (C=O) groups excluding carboxylic acids is 1. The minimum Gasteiger partial charge on any atom is -0.450 e. The van der Waals surface area contributed by atoms with Gasteiger partial charge in [0, 0.05) is 32.3 Å². The summed E-state index contributed by atoms with van der Waals surface area (Å²) in [5.74, 6) is 0.450. The van der Waals surface area contributed by atoms with Gasteiger partial charge >= 0.3 is 6.09 Å². The van der Waals surface area contributed by atoms with E-state index in [1.165, 1.54) is 0 Å². The first-order valence-corrected chi connectivity index (χ1v) is 10.4. The van der Waals surface area contributed by atoms with Gasteiger partial charge in [-0.1, -0.05) is 30.3 Å². The van der Waals surface area contributed by atoms with Gasteiger partial charge in [0.1, 0.15) is 0 Å². The summed E-state index contributed by atoms with van der Waals surface area (Å²) >= 11 is 0. The van der Waals surface area contributed by atoms with Crippen LogP contribution in [0.1, 0.15) is 31.7 Å². The van der Waals surface area contributed by atoms with Crippen LogP contribution >= 0.6 is 0 Å². The predicted octanol–water partition coefficient (Wildman–Crippen LogP) is 2.14. The van der Waals surface area contributed by atoms with Crippen molar-refractivity contribution >= 4 is 12.1 Å². The first kappa shape index (κ1) is 23.0. The molecule has 8 nitrogen and oxygen atoms in total. The Hall–Kier alpha value is -2.32. The number of hydrogen-bond acceptors (Lipinski definition) is 5. The minimum absolute atomic E-state index is 0.238. The van der Waals surface area contributed by atoms with E-state index in [-0.39, 0.29) is 12.1 Å². The van der Waals surface area contributed by atoms with Gasteiger partial charge in [0.2, 0.25) is 0 Å². The number of hydrogen-bond donors (Lipinski definition) is 2. The van der Waals surface area contributed by atoms with Crippen molar-refractivity contribution < 1.29 is 19.0 Å². The van der Waals surface area contributed by atoms with Crippen molar-refractivity contribution in [1.29, 1.82) is 0 Å². The van der Waals surface area contributed by atoms with E-state index < -0.39 is 0 Å².